The van der Waals surface area contributed by atoms with Gasteiger partial charge in [-0.25, -0.2) is 4.79 Å². The molecule has 4 unspecified atom stereocenters. The number of amides is 6. The average molecular weight is 522 g/mol. The Balaban J connectivity index is 3.11. The number of aliphatic carboxylic acids is 1. The third-order valence-electron chi connectivity index (χ3n) is 5.01. The third-order valence-corrected chi connectivity index (χ3v) is 5.01. The van der Waals surface area contributed by atoms with Gasteiger partial charge in [-0.1, -0.05) is 30.3 Å². The first-order valence-electron chi connectivity index (χ1n) is 11.1. The summed E-state index contributed by atoms with van der Waals surface area (Å²) in [6.07, 6.45) is -1.79. The molecule has 0 spiro atoms. The van der Waals surface area contributed by atoms with Crippen LogP contribution < -0.4 is 38.9 Å². The summed E-state index contributed by atoms with van der Waals surface area (Å²) in [5, 5.41) is 16.0. The van der Waals surface area contributed by atoms with E-state index in [4.69, 9.17) is 22.9 Å². The monoisotopic (exact) mass is 521 g/mol. The van der Waals surface area contributed by atoms with E-state index in [0.717, 1.165) is 0 Å². The number of carbonyl (C=O) groups is 7. The predicted molar refractivity (Wildman–Crippen MR) is 128 cm³/mol. The number of carboxylic acid groups (broad SMARTS) is 1. The van der Waals surface area contributed by atoms with E-state index in [1.54, 1.807) is 30.3 Å². The minimum Gasteiger partial charge on any atom is -0.480 e. The molecule has 0 bridgehead atoms. The minimum atomic E-state index is -1.66. The summed E-state index contributed by atoms with van der Waals surface area (Å²) in [5.41, 5.74) is 21.5. The highest BCUT2D eigenvalue weighted by molar-refractivity contribution is 5.96. The highest BCUT2D eigenvalue weighted by atomic mass is 16.4. The standard InChI is InChI=1S/C22H31N7O8/c23-12(6-7-16(24)30)19(33)27-14(9-17(25)31)21(35)28-13(8-11-4-2-1-3-5-11)20(34)29-15(22(36)37)10-18(26)32/h1-5,12-15H,6-10,23H2,(H2,24,30)(H2,25,31)(H2,26,32)(H,27,33)(H,28,35)(H,29,34)(H,36,37). The van der Waals surface area contributed by atoms with Gasteiger partial charge in [-0.2, -0.15) is 0 Å². The second-order valence-electron chi connectivity index (χ2n) is 8.16. The van der Waals surface area contributed by atoms with E-state index in [1.165, 1.54) is 0 Å². The van der Waals surface area contributed by atoms with E-state index in [1.807, 2.05) is 0 Å². The van der Waals surface area contributed by atoms with Gasteiger partial charge in [-0.15, -0.1) is 0 Å². The van der Waals surface area contributed by atoms with Crippen molar-refractivity contribution in [1.82, 2.24) is 16.0 Å². The van der Waals surface area contributed by atoms with E-state index >= 15 is 0 Å². The van der Waals surface area contributed by atoms with Crippen molar-refractivity contribution in [2.45, 2.75) is 56.3 Å². The molecular formula is C22H31N7O8. The molecule has 4 atom stereocenters. The molecule has 15 heteroatoms. The average Bonchev–Trinajstić information content (AvgIpc) is 2.80. The molecule has 0 heterocycles. The van der Waals surface area contributed by atoms with Gasteiger partial charge in [0, 0.05) is 12.8 Å². The molecule has 15 nitrogen and oxygen atoms in total. The van der Waals surface area contributed by atoms with Crippen molar-refractivity contribution >= 4 is 41.4 Å². The molecule has 1 aromatic carbocycles. The molecule has 0 aliphatic rings. The van der Waals surface area contributed by atoms with E-state index in [9.17, 15) is 38.7 Å². The molecule has 12 N–H and O–H groups in total. The van der Waals surface area contributed by atoms with Crippen LogP contribution in [0, 0.1) is 0 Å². The third kappa shape index (κ3) is 11.6. The zero-order valence-electron chi connectivity index (χ0n) is 19.8. The van der Waals surface area contributed by atoms with Crippen LogP contribution >= 0.6 is 0 Å². The van der Waals surface area contributed by atoms with E-state index < -0.39 is 78.4 Å². The maximum atomic E-state index is 13.0. The van der Waals surface area contributed by atoms with Gasteiger partial charge in [0.1, 0.15) is 18.1 Å². The SMILES string of the molecule is NC(=O)CCC(N)C(=O)NC(CC(N)=O)C(=O)NC(Cc1ccccc1)C(=O)NC(CC(N)=O)C(=O)O. The molecule has 6 amide bonds. The van der Waals surface area contributed by atoms with Gasteiger partial charge in [0.15, 0.2) is 0 Å². The molecule has 0 aromatic heterocycles. The number of carboxylic acids is 1. The van der Waals surface area contributed by atoms with Crippen molar-refractivity contribution in [3.63, 3.8) is 0 Å². The van der Waals surface area contributed by atoms with Gasteiger partial charge in [0.2, 0.25) is 35.4 Å². The predicted octanol–water partition coefficient (Wildman–Crippen LogP) is -3.89. The van der Waals surface area contributed by atoms with Gasteiger partial charge in [-0.3, -0.25) is 28.8 Å². The van der Waals surface area contributed by atoms with Crippen LogP contribution in [0.25, 0.3) is 0 Å². The summed E-state index contributed by atoms with van der Waals surface area (Å²) >= 11 is 0. The van der Waals surface area contributed by atoms with Crippen LogP contribution in [-0.4, -0.2) is 70.7 Å². The summed E-state index contributed by atoms with van der Waals surface area (Å²) in [7, 11) is 0. The number of primary amides is 3. The molecule has 202 valence electrons. The first-order chi connectivity index (χ1) is 17.3. The van der Waals surface area contributed by atoms with Crippen molar-refractivity contribution in [3.8, 4) is 0 Å². The minimum absolute atomic E-state index is 0.114. The van der Waals surface area contributed by atoms with Gasteiger partial charge < -0.3 is 44.0 Å². The molecule has 1 aromatic rings. The van der Waals surface area contributed by atoms with Crippen molar-refractivity contribution in [2.24, 2.45) is 22.9 Å². The lowest BCUT2D eigenvalue weighted by Gasteiger charge is -2.24. The second-order valence-corrected chi connectivity index (χ2v) is 8.16. The largest absolute Gasteiger partial charge is 0.480 e. The molecule has 0 aliphatic heterocycles. The summed E-state index contributed by atoms with van der Waals surface area (Å²) in [6, 6.07) is 2.51. The highest BCUT2D eigenvalue weighted by Gasteiger charge is 2.31. The number of benzene rings is 1. The van der Waals surface area contributed by atoms with Gasteiger partial charge >= 0.3 is 5.97 Å². The highest BCUT2D eigenvalue weighted by Crippen LogP contribution is 2.06. The van der Waals surface area contributed by atoms with Crippen molar-refractivity contribution in [1.29, 1.82) is 0 Å². The van der Waals surface area contributed by atoms with Crippen LogP contribution in [0.4, 0.5) is 0 Å². The molecule has 0 radical (unpaired) electrons. The fraction of sp³-hybridized carbons (Fsp3) is 0.409. The molecular weight excluding hydrogens is 490 g/mol. The topological polar surface area (TPSA) is 280 Å². The van der Waals surface area contributed by atoms with E-state index in [2.05, 4.69) is 16.0 Å². The lowest BCUT2D eigenvalue weighted by molar-refractivity contribution is -0.143. The molecule has 0 fully saturated rings. The maximum Gasteiger partial charge on any atom is 0.326 e. The van der Waals surface area contributed by atoms with Crippen LogP contribution in [0.1, 0.15) is 31.2 Å². The van der Waals surface area contributed by atoms with E-state index in [-0.39, 0.29) is 19.3 Å². The number of hydrogen-bond donors (Lipinski definition) is 8. The van der Waals surface area contributed by atoms with Gasteiger partial charge in [-0.05, 0) is 12.0 Å². The molecule has 37 heavy (non-hydrogen) atoms. The number of rotatable bonds is 16. The smallest absolute Gasteiger partial charge is 0.326 e. The summed E-state index contributed by atoms with van der Waals surface area (Å²) < 4.78 is 0. The van der Waals surface area contributed by atoms with Crippen molar-refractivity contribution in [3.05, 3.63) is 35.9 Å². The number of nitrogens with two attached hydrogens (primary N) is 4. The molecule has 0 aliphatic carbocycles. The normalized spacial score (nSPS) is 13.8. The Morgan fingerprint density at radius 2 is 1.19 bits per heavy atom. The van der Waals surface area contributed by atoms with Crippen LogP contribution in [-0.2, 0) is 40.0 Å². The lowest BCUT2D eigenvalue weighted by Crippen LogP contribution is -2.58. The quantitative estimate of drug-likeness (QED) is 0.105. The first kappa shape index (κ1) is 30.5. The van der Waals surface area contributed by atoms with Crippen molar-refractivity contribution < 1.29 is 38.7 Å². The summed E-state index contributed by atoms with van der Waals surface area (Å²) in [4.78, 5) is 83.4. The summed E-state index contributed by atoms with van der Waals surface area (Å²) in [5.74, 6) is -6.99. The Morgan fingerprint density at radius 1 is 0.703 bits per heavy atom. The fourth-order valence-electron chi connectivity index (χ4n) is 3.12. The van der Waals surface area contributed by atoms with Crippen LogP contribution in [0.15, 0.2) is 30.3 Å². The zero-order chi connectivity index (χ0) is 28.1. The van der Waals surface area contributed by atoms with Crippen molar-refractivity contribution in [2.75, 3.05) is 0 Å². The Hall–Kier alpha value is -4.53. The molecule has 0 saturated heterocycles. The number of carbonyl (C=O) groups excluding carboxylic acids is 6. The second kappa shape index (κ2) is 14.8. The van der Waals surface area contributed by atoms with Crippen LogP contribution in [0.5, 0.6) is 0 Å². The van der Waals surface area contributed by atoms with E-state index in [0.29, 0.717) is 5.56 Å². The Kier molecular flexibility index (Phi) is 12.2. The maximum absolute atomic E-state index is 13.0. The zero-order valence-corrected chi connectivity index (χ0v) is 19.8. The first-order valence-corrected chi connectivity index (χ1v) is 11.1. The van der Waals surface area contributed by atoms with Crippen LogP contribution in [0.2, 0.25) is 0 Å². The van der Waals surface area contributed by atoms with Crippen LogP contribution in [0.3, 0.4) is 0 Å². The number of nitrogens with one attached hydrogen (secondary N) is 3. The van der Waals surface area contributed by atoms with Gasteiger partial charge in [0.05, 0.1) is 18.9 Å². The summed E-state index contributed by atoms with van der Waals surface area (Å²) in [6.45, 7) is 0. The Morgan fingerprint density at radius 3 is 1.70 bits per heavy atom. The Bertz CT molecular complexity index is 1020. The molecule has 1 rings (SSSR count). The number of hydrogen-bond acceptors (Lipinski definition) is 8. The van der Waals surface area contributed by atoms with Gasteiger partial charge in [0.25, 0.3) is 0 Å². The Labute approximate surface area is 211 Å². The lowest BCUT2D eigenvalue weighted by atomic mass is 10.0. The molecule has 0 saturated carbocycles. The fourth-order valence-corrected chi connectivity index (χ4v) is 3.12.